The number of halogens is 3. The predicted octanol–water partition coefficient (Wildman–Crippen LogP) is 5.78. The summed E-state index contributed by atoms with van der Waals surface area (Å²) in [5.41, 5.74) is 3.19. The van der Waals surface area contributed by atoms with Gasteiger partial charge in [-0.1, -0.05) is 12.1 Å². The maximum Gasteiger partial charge on any atom is 0.416 e. The van der Waals surface area contributed by atoms with Crippen molar-refractivity contribution in [2.45, 2.75) is 17.7 Å². The highest BCUT2D eigenvalue weighted by Crippen LogP contribution is 2.41. The number of carbonyl (C=O) groups is 1. The first kappa shape index (κ1) is 22.0. The van der Waals surface area contributed by atoms with E-state index in [9.17, 15) is 18.0 Å². The number of alkyl halides is 3. The first-order valence-corrected chi connectivity index (χ1v) is 11.2. The van der Waals surface area contributed by atoms with E-state index in [1.54, 1.807) is 36.2 Å². The highest BCUT2D eigenvalue weighted by Gasteiger charge is 2.30. The second-order valence-corrected chi connectivity index (χ2v) is 8.51. The molecular formula is C23H17F3N6OS. The second-order valence-electron chi connectivity index (χ2n) is 7.43. The molecule has 7 nitrogen and oxygen atoms in total. The minimum Gasteiger partial charge on any atom is -0.308 e. The Kier molecular flexibility index (Phi) is 5.70. The summed E-state index contributed by atoms with van der Waals surface area (Å²) >= 11 is 1.71. The summed E-state index contributed by atoms with van der Waals surface area (Å²) in [6, 6.07) is 12.7. The number of hydrogen-bond donors (Lipinski definition) is 2. The van der Waals surface area contributed by atoms with Crippen molar-refractivity contribution in [1.29, 1.82) is 0 Å². The van der Waals surface area contributed by atoms with E-state index in [2.05, 4.69) is 20.6 Å². The summed E-state index contributed by atoms with van der Waals surface area (Å²) in [5.74, 6) is 0.937. The molecular weight excluding hydrogens is 465 g/mol. The van der Waals surface area contributed by atoms with Crippen molar-refractivity contribution in [3.63, 3.8) is 0 Å². The summed E-state index contributed by atoms with van der Waals surface area (Å²) in [4.78, 5) is 20.8. The van der Waals surface area contributed by atoms with E-state index in [0.29, 0.717) is 5.69 Å². The van der Waals surface area contributed by atoms with Gasteiger partial charge in [-0.15, -0.1) is 11.8 Å². The maximum absolute atomic E-state index is 12.7. The molecule has 0 radical (unpaired) electrons. The van der Waals surface area contributed by atoms with Crippen LogP contribution in [-0.2, 0) is 12.7 Å². The normalized spacial score (nSPS) is 12.9. The molecule has 3 heterocycles. The number of thioether (sulfide) groups is 1. The van der Waals surface area contributed by atoms with E-state index in [-0.39, 0.29) is 5.69 Å². The molecule has 0 bridgehead atoms. The highest BCUT2D eigenvalue weighted by atomic mass is 32.2. The molecule has 5 rings (SSSR count). The van der Waals surface area contributed by atoms with Crippen LogP contribution in [-0.4, -0.2) is 31.5 Å². The fourth-order valence-electron chi connectivity index (χ4n) is 3.63. The summed E-state index contributed by atoms with van der Waals surface area (Å²) in [5, 5.41) is 11.1. The molecule has 172 valence electrons. The number of nitrogens with one attached hydrogen (secondary N) is 2. The van der Waals surface area contributed by atoms with Gasteiger partial charge in [-0.25, -0.2) is 14.8 Å². The molecule has 2 aromatic carbocycles. The largest absolute Gasteiger partial charge is 0.416 e. The average Bonchev–Trinajstić information content (AvgIpc) is 3.41. The lowest BCUT2D eigenvalue weighted by Crippen LogP contribution is -2.19. The van der Waals surface area contributed by atoms with Gasteiger partial charge < -0.3 is 10.6 Å². The Morgan fingerprint density at radius 1 is 1.03 bits per heavy atom. The first-order valence-electron chi connectivity index (χ1n) is 10.2. The molecule has 2 amide bonds. The number of fused-ring (bicyclic) bond motifs is 1. The number of benzene rings is 2. The Bertz CT molecular complexity index is 1340. The van der Waals surface area contributed by atoms with E-state index in [1.807, 2.05) is 16.8 Å². The second kappa shape index (κ2) is 8.82. The lowest BCUT2D eigenvalue weighted by atomic mass is 10.1. The summed E-state index contributed by atoms with van der Waals surface area (Å²) in [6.07, 6.45) is -1.26. The highest BCUT2D eigenvalue weighted by molar-refractivity contribution is 7.99. The fraction of sp³-hybridized carbons (Fsp3) is 0.130. The van der Waals surface area contributed by atoms with E-state index in [1.165, 1.54) is 18.5 Å². The van der Waals surface area contributed by atoms with Gasteiger partial charge in [0.05, 0.1) is 23.4 Å². The molecule has 0 saturated carbocycles. The van der Waals surface area contributed by atoms with Crippen molar-refractivity contribution < 1.29 is 18.0 Å². The maximum atomic E-state index is 12.7. The van der Waals surface area contributed by atoms with E-state index in [0.717, 1.165) is 52.0 Å². The Morgan fingerprint density at radius 3 is 2.56 bits per heavy atom. The van der Waals surface area contributed by atoms with Crippen LogP contribution in [0.25, 0.3) is 22.5 Å². The number of hydrogen-bond acceptors (Lipinski definition) is 5. The van der Waals surface area contributed by atoms with Gasteiger partial charge in [0.1, 0.15) is 17.0 Å². The SMILES string of the molecule is O=C(Nc1ccc(C(F)(F)F)cc1)Nc1cccc(-c2nn3c(c2-c2ccncn2)SCC3)c1. The zero-order valence-corrected chi connectivity index (χ0v) is 18.3. The van der Waals surface area contributed by atoms with Gasteiger partial charge in [0.25, 0.3) is 0 Å². The van der Waals surface area contributed by atoms with Crippen molar-refractivity contribution in [2.24, 2.45) is 0 Å². The minimum atomic E-state index is -4.43. The molecule has 0 aliphatic carbocycles. The molecule has 2 aromatic heterocycles. The Hall–Kier alpha value is -3.86. The van der Waals surface area contributed by atoms with Crippen LogP contribution in [0.15, 0.2) is 72.1 Å². The third-order valence-electron chi connectivity index (χ3n) is 5.15. The molecule has 0 spiro atoms. The van der Waals surface area contributed by atoms with Crippen LogP contribution < -0.4 is 10.6 Å². The fourth-order valence-corrected chi connectivity index (χ4v) is 4.71. The van der Waals surface area contributed by atoms with Crippen molar-refractivity contribution >= 4 is 29.2 Å². The van der Waals surface area contributed by atoms with E-state index < -0.39 is 17.8 Å². The monoisotopic (exact) mass is 482 g/mol. The lowest BCUT2D eigenvalue weighted by Gasteiger charge is -2.11. The summed E-state index contributed by atoms with van der Waals surface area (Å²) in [7, 11) is 0. The molecule has 4 aromatic rings. The standard InChI is InChI=1S/C23H17F3N6OS/c24-23(25,26)15-4-6-16(7-5-15)29-22(33)30-17-3-1-2-14(12-17)20-19(18-8-9-27-13-28-18)21-32(31-20)10-11-34-21/h1-9,12-13H,10-11H2,(H2,29,30,33). The van der Waals surface area contributed by atoms with Crippen molar-refractivity contribution in [1.82, 2.24) is 19.7 Å². The topological polar surface area (TPSA) is 84.7 Å². The molecule has 2 N–H and O–H groups in total. The van der Waals surface area contributed by atoms with E-state index >= 15 is 0 Å². The number of nitrogens with zero attached hydrogens (tertiary/aromatic N) is 4. The zero-order valence-electron chi connectivity index (χ0n) is 17.5. The van der Waals surface area contributed by atoms with Crippen LogP contribution in [0, 0.1) is 0 Å². The molecule has 0 atom stereocenters. The quantitative estimate of drug-likeness (QED) is 0.386. The third-order valence-corrected chi connectivity index (χ3v) is 6.22. The first-order chi connectivity index (χ1) is 16.4. The van der Waals surface area contributed by atoms with Crippen LogP contribution in [0.1, 0.15) is 5.56 Å². The molecule has 0 unspecified atom stereocenters. The van der Waals surface area contributed by atoms with Crippen LogP contribution in [0.2, 0.25) is 0 Å². The Morgan fingerprint density at radius 2 is 1.82 bits per heavy atom. The van der Waals surface area contributed by atoms with Crippen LogP contribution in [0.4, 0.5) is 29.3 Å². The molecule has 1 aliphatic rings. The van der Waals surface area contributed by atoms with Crippen LogP contribution in [0.5, 0.6) is 0 Å². The number of rotatable bonds is 4. The molecule has 1 aliphatic heterocycles. The number of aryl methyl sites for hydroxylation is 1. The lowest BCUT2D eigenvalue weighted by molar-refractivity contribution is -0.137. The van der Waals surface area contributed by atoms with Crippen molar-refractivity contribution in [2.75, 3.05) is 16.4 Å². The molecule has 0 fully saturated rings. The summed E-state index contributed by atoms with van der Waals surface area (Å²) in [6.45, 7) is 0.797. The van der Waals surface area contributed by atoms with Crippen molar-refractivity contribution in [3.8, 4) is 22.5 Å². The zero-order chi connectivity index (χ0) is 23.7. The molecule has 11 heteroatoms. The average molecular weight is 482 g/mol. The van der Waals surface area contributed by atoms with Gasteiger partial charge in [-0.05, 0) is 42.5 Å². The van der Waals surface area contributed by atoms with Gasteiger partial charge in [0.2, 0.25) is 0 Å². The summed E-state index contributed by atoms with van der Waals surface area (Å²) < 4.78 is 40.1. The minimum absolute atomic E-state index is 0.246. The number of carbonyl (C=O) groups excluding carboxylic acids is 1. The molecule has 34 heavy (non-hydrogen) atoms. The van der Waals surface area contributed by atoms with Gasteiger partial charge in [0.15, 0.2) is 0 Å². The Labute approximate surface area is 196 Å². The number of aromatic nitrogens is 4. The van der Waals surface area contributed by atoms with Gasteiger partial charge in [-0.3, -0.25) is 4.68 Å². The van der Waals surface area contributed by atoms with Gasteiger partial charge in [-0.2, -0.15) is 18.3 Å². The smallest absolute Gasteiger partial charge is 0.308 e. The van der Waals surface area contributed by atoms with Gasteiger partial charge >= 0.3 is 12.2 Å². The number of urea groups is 1. The Balaban J connectivity index is 1.37. The number of amides is 2. The number of anilines is 2. The molecule has 0 saturated heterocycles. The van der Waals surface area contributed by atoms with E-state index in [4.69, 9.17) is 5.10 Å². The van der Waals surface area contributed by atoms with Crippen LogP contribution >= 0.6 is 11.8 Å². The van der Waals surface area contributed by atoms with Gasteiger partial charge in [0, 0.05) is 28.9 Å². The predicted molar refractivity (Wildman–Crippen MR) is 123 cm³/mol. The van der Waals surface area contributed by atoms with Crippen molar-refractivity contribution in [3.05, 3.63) is 72.7 Å². The third kappa shape index (κ3) is 4.46. The van der Waals surface area contributed by atoms with Crippen LogP contribution in [0.3, 0.4) is 0 Å².